The Balaban J connectivity index is 4.04. The first-order chi connectivity index (χ1) is 5.63. The summed E-state index contributed by atoms with van der Waals surface area (Å²) >= 11 is 2.87. The molecular weight excluding hydrogens is 229 g/mol. The quantitative estimate of drug-likeness (QED) is 0.428. The zero-order valence-corrected chi connectivity index (χ0v) is 8.43. The van der Waals surface area contributed by atoms with Crippen LogP contribution in [-0.4, -0.2) is 28.8 Å². The van der Waals surface area contributed by atoms with Crippen LogP contribution in [0.3, 0.4) is 0 Å². The molecule has 0 heterocycles. The highest BCUT2D eigenvalue weighted by molar-refractivity contribution is 9.09. The van der Waals surface area contributed by atoms with Gasteiger partial charge in [-0.2, -0.15) is 0 Å². The van der Waals surface area contributed by atoms with Crippen LogP contribution in [0.15, 0.2) is 0 Å². The Morgan fingerprint density at radius 1 is 1.50 bits per heavy atom. The lowest BCUT2D eigenvalue weighted by atomic mass is 10.3. The number of halogens is 2. The molecular formula is C7H11BrFNO2. The van der Waals surface area contributed by atoms with Crippen LogP contribution in [0.4, 0.5) is 9.18 Å². The molecule has 0 spiro atoms. The topological polar surface area (TPSA) is 37.4 Å². The van der Waals surface area contributed by atoms with E-state index in [1.165, 1.54) is 0 Å². The summed E-state index contributed by atoms with van der Waals surface area (Å²) in [5.41, 5.74) is 0. The van der Waals surface area contributed by atoms with Gasteiger partial charge in [-0.1, -0.05) is 29.3 Å². The van der Waals surface area contributed by atoms with Crippen molar-refractivity contribution in [2.24, 2.45) is 0 Å². The third kappa shape index (κ3) is 3.80. The Kier molecular flexibility index (Phi) is 5.88. The van der Waals surface area contributed by atoms with Crippen LogP contribution in [0.2, 0.25) is 0 Å². The van der Waals surface area contributed by atoms with Crippen LogP contribution in [-0.2, 0) is 4.79 Å². The van der Waals surface area contributed by atoms with Crippen LogP contribution in [0.25, 0.3) is 0 Å². The molecule has 0 aromatic rings. The van der Waals surface area contributed by atoms with E-state index in [1.54, 1.807) is 0 Å². The smallest absolute Gasteiger partial charge is 0.273 e. The predicted octanol–water partition coefficient (Wildman–Crippen LogP) is 2.10. The third-order valence-corrected chi connectivity index (χ3v) is 1.84. The van der Waals surface area contributed by atoms with Crippen molar-refractivity contribution in [3.8, 4) is 0 Å². The van der Waals surface area contributed by atoms with Crippen LogP contribution >= 0.6 is 15.9 Å². The maximum absolute atomic E-state index is 12.2. The zero-order chi connectivity index (χ0) is 9.56. The summed E-state index contributed by atoms with van der Waals surface area (Å²) in [6.07, 6.45) is -0.221. The second-order valence-corrected chi connectivity index (χ2v) is 2.85. The fourth-order valence-corrected chi connectivity index (χ4v) is 1.00. The van der Waals surface area contributed by atoms with E-state index in [9.17, 15) is 14.0 Å². The molecule has 2 amide bonds. The summed E-state index contributed by atoms with van der Waals surface area (Å²) in [6, 6.07) is 0. The molecule has 0 unspecified atom stereocenters. The second-order valence-electron chi connectivity index (χ2n) is 2.29. The van der Waals surface area contributed by atoms with Gasteiger partial charge in [0.05, 0.1) is 5.33 Å². The van der Waals surface area contributed by atoms with Gasteiger partial charge in [0.2, 0.25) is 5.91 Å². The molecule has 0 aliphatic carbocycles. The molecule has 12 heavy (non-hydrogen) atoms. The molecule has 0 saturated carbocycles. The van der Waals surface area contributed by atoms with Crippen molar-refractivity contribution in [1.29, 1.82) is 0 Å². The molecule has 3 nitrogen and oxygen atoms in total. The number of rotatable bonds is 4. The van der Waals surface area contributed by atoms with Crippen molar-refractivity contribution in [2.75, 3.05) is 11.9 Å². The van der Waals surface area contributed by atoms with Crippen molar-refractivity contribution in [1.82, 2.24) is 4.90 Å². The van der Waals surface area contributed by atoms with E-state index in [0.717, 1.165) is 6.42 Å². The minimum atomic E-state index is -1.67. The van der Waals surface area contributed by atoms with Gasteiger partial charge >= 0.3 is 6.16 Å². The molecule has 0 aliphatic rings. The Morgan fingerprint density at radius 3 is 2.42 bits per heavy atom. The Labute approximate surface area is 79.0 Å². The molecule has 0 N–H and O–H groups in total. The first-order valence-electron chi connectivity index (χ1n) is 3.69. The third-order valence-electron chi connectivity index (χ3n) is 1.36. The number of hydrogen-bond acceptors (Lipinski definition) is 2. The van der Waals surface area contributed by atoms with Gasteiger partial charge in [-0.3, -0.25) is 9.69 Å². The molecule has 0 aromatic carbocycles. The number of alkyl halides is 1. The Hall–Kier alpha value is -0.450. The number of hydrogen-bond donors (Lipinski definition) is 0. The molecule has 0 saturated heterocycles. The summed E-state index contributed by atoms with van der Waals surface area (Å²) in [6.45, 7) is 2.07. The van der Waals surface area contributed by atoms with Crippen molar-refractivity contribution in [2.45, 2.75) is 19.8 Å². The minimum absolute atomic E-state index is 0.0215. The molecule has 0 aromatic heterocycles. The Bertz CT molecular complexity index is 175. The largest absolute Gasteiger partial charge is 0.406 e. The van der Waals surface area contributed by atoms with E-state index in [0.29, 0.717) is 11.3 Å². The van der Waals surface area contributed by atoms with Crippen molar-refractivity contribution in [3.05, 3.63) is 0 Å². The van der Waals surface area contributed by atoms with Gasteiger partial charge in [-0.05, 0) is 6.42 Å². The number of carbonyl (C=O) groups excluding carboxylic acids is 2. The summed E-state index contributed by atoms with van der Waals surface area (Å²) in [5, 5.41) is -0.0215. The van der Waals surface area contributed by atoms with Crippen LogP contribution in [0.5, 0.6) is 0 Å². The molecule has 70 valence electrons. The van der Waals surface area contributed by atoms with Gasteiger partial charge in [0.1, 0.15) is 0 Å². The number of amides is 2. The van der Waals surface area contributed by atoms with Crippen molar-refractivity contribution in [3.63, 3.8) is 0 Å². The fraction of sp³-hybridized carbons (Fsp3) is 0.714. The van der Waals surface area contributed by atoms with Crippen LogP contribution in [0, 0.1) is 0 Å². The van der Waals surface area contributed by atoms with E-state index in [4.69, 9.17) is 0 Å². The fourth-order valence-electron chi connectivity index (χ4n) is 0.699. The maximum Gasteiger partial charge on any atom is 0.406 e. The highest BCUT2D eigenvalue weighted by Crippen LogP contribution is 2.00. The molecule has 0 aliphatic heterocycles. The summed E-state index contributed by atoms with van der Waals surface area (Å²) < 4.78 is 12.2. The summed E-state index contributed by atoms with van der Waals surface area (Å²) in [5.74, 6) is -0.532. The maximum atomic E-state index is 12.2. The lowest BCUT2D eigenvalue weighted by molar-refractivity contribution is -0.125. The van der Waals surface area contributed by atoms with Crippen molar-refractivity contribution < 1.29 is 14.0 Å². The van der Waals surface area contributed by atoms with E-state index in [1.807, 2.05) is 6.92 Å². The number of unbranched alkanes of at least 4 members (excludes halogenated alkanes) is 1. The van der Waals surface area contributed by atoms with Crippen LogP contribution < -0.4 is 0 Å². The summed E-state index contributed by atoms with van der Waals surface area (Å²) in [4.78, 5) is 21.8. The predicted molar refractivity (Wildman–Crippen MR) is 46.9 cm³/mol. The van der Waals surface area contributed by atoms with Gasteiger partial charge in [0, 0.05) is 6.54 Å². The zero-order valence-electron chi connectivity index (χ0n) is 6.85. The minimum Gasteiger partial charge on any atom is -0.273 e. The van der Waals surface area contributed by atoms with Gasteiger partial charge in [0.25, 0.3) is 0 Å². The normalized spacial score (nSPS) is 9.58. The number of imide groups is 1. The van der Waals surface area contributed by atoms with Crippen LogP contribution in [0.1, 0.15) is 19.8 Å². The molecule has 0 fully saturated rings. The number of carbonyl (C=O) groups is 2. The van der Waals surface area contributed by atoms with Crippen molar-refractivity contribution >= 4 is 28.0 Å². The molecule has 0 atom stereocenters. The highest BCUT2D eigenvalue weighted by atomic mass is 79.9. The first kappa shape index (κ1) is 11.6. The molecule has 0 bridgehead atoms. The van der Waals surface area contributed by atoms with Gasteiger partial charge in [-0.15, -0.1) is 4.39 Å². The van der Waals surface area contributed by atoms with E-state index in [-0.39, 0.29) is 11.9 Å². The first-order valence-corrected chi connectivity index (χ1v) is 4.81. The monoisotopic (exact) mass is 239 g/mol. The van der Waals surface area contributed by atoms with Gasteiger partial charge in [-0.25, -0.2) is 4.79 Å². The molecule has 0 rings (SSSR count). The summed E-state index contributed by atoms with van der Waals surface area (Å²) in [7, 11) is 0. The van der Waals surface area contributed by atoms with Gasteiger partial charge in [0.15, 0.2) is 0 Å². The molecule has 0 radical (unpaired) electrons. The highest BCUT2D eigenvalue weighted by Gasteiger charge is 2.18. The Morgan fingerprint density at radius 2 is 2.08 bits per heavy atom. The second kappa shape index (κ2) is 6.11. The lowest BCUT2D eigenvalue weighted by Gasteiger charge is -2.14. The lowest BCUT2D eigenvalue weighted by Crippen LogP contribution is -2.35. The number of nitrogens with zero attached hydrogens (tertiary/aromatic N) is 1. The van der Waals surface area contributed by atoms with E-state index in [2.05, 4.69) is 15.9 Å². The average Bonchev–Trinajstić information content (AvgIpc) is 2.04. The molecule has 5 heteroatoms. The van der Waals surface area contributed by atoms with E-state index >= 15 is 0 Å². The standard InChI is InChI=1S/C7H11BrFNO2/c1-2-3-4-10(7(9)12)6(11)5-8/h2-5H2,1H3. The van der Waals surface area contributed by atoms with E-state index < -0.39 is 12.1 Å². The SMILES string of the molecule is CCCCN(C(=O)F)C(=O)CBr. The average molecular weight is 240 g/mol. The van der Waals surface area contributed by atoms with Gasteiger partial charge < -0.3 is 0 Å².